The molecule has 0 radical (unpaired) electrons. The van der Waals surface area contributed by atoms with E-state index in [9.17, 15) is 9.18 Å². The van der Waals surface area contributed by atoms with E-state index in [1.165, 1.54) is 0 Å². The van der Waals surface area contributed by atoms with E-state index in [-0.39, 0.29) is 6.54 Å². The number of aliphatic hydroxyl groups excluding tert-OH is 1. The molecule has 0 bridgehead atoms. The number of nitrogens with zero attached hydrogens (tertiary/aromatic N) is 1. The first kappa shape index (κ1) is 15.3. The summed E-state index contributed by atoms with van der Waals surface area (Å²) in [6.07, 6.45) is 1.15. The Morgan fingerprint density at radius 1 is 1.26 bits per heavy atom. The summed E-state index contributed by atoms with van der Waals surface area (Å²) in [6, 6.07) is 6.74. The van der Waals surface area contributed by atoms with E-state index in [0.29, 0.717) is 18.0 Å². The van der Waals surface area contributed by atoms with Gasteiger partial charge >= 0.3 is 5.97 Å². The van der Waals surface area contributed by atoms with Gasteiger partial charge in [0.2, 0.25) is 5.76 Å². The van der Waals surface area contributed by atoms with Crippen LogP contribution in [0.4, 0.5) is 10.1 Å². The number of carboxylic acids is 1. The maximum atomic E-state index is 12.4. The van der Waals surface area contributed by atoms with Gasteiger partial charge in [0.05, 0.1) is 0 Å². The number of hydrogen-bond acceptors (Lipinski definition) is 3. The molecule has 0 aliphatic heterocycles. The van der Waals surface area contributed by atoms with E-state index in [1.807, 2.05) is 0 Å². The van der Waals surface area contributed by atoms with E-state index >= 15 is 0 Å². The van der Waals surface area contributed by atoms with Crippen LogP contribution in [0.5, 0.6) is 0 Å². The van der Waals surface area contributed by atoms with Crippen molar-refractivity contribution in [3.05, 3.63) is 35.6 Å². The Labute approximate surface area is 115 Å². The molecular formula is C13H15ClFNO3. The Morgan fingerprint density at radius 2 is 1.89 bits per heavy atom. The van der Waals surface area contributed by atoms with Gasteiger partial charge < -0.3 is 15.1 Å². The van der Waals surface area contributed by atoms with Gasteiger partial charge in [-0.05, 0) is 23.8 Å². The van der Waals surface area contributed by atoms with Crippen molar-refractivity contribution >= 4 is 29.3 Å². The summed E-state index contributed by atoms with van der Waals surface area (Å²) in [5.74, 6) is -1.72. The number of hydrogen-bond donors (Lipinski definition) is 2. The van der Waals surface area contributed by atoms with Gasteiger partial charge in [-0.1, -0.05) is 12.1 Å². The van der Waals surface area contributed by atoms with Gasteiger partial charge in [0, 0.05) is 24.7 Å². The second-order valence-electron chi connectivity index (χ2n) is 3.79. The lowest BCUT2D eigenvalue weighted by Gasteiger charge is -2.22. The Hall–Kier alpha value is -1.75. The van der Waals surface area contributed by atoms with Gasteiger partial charge in [0.1, 0.15) is 6.67 Å². The number of aliphatic carboxylic acids is 1. The third-order valence-electron chi connectivity index (χ3n) is 2.49. The van der Waals surface area contributed by atoms with E-state index < -0.39 is 18.4 Å². The zero-order valence-electron chi connectivity index (χ0n) is 10.2. The van der Waals surface area contributed by atoms with Crippen molar-refractivity contribution in [2.24, 2.45) is 0 Å². The first-order valence-corrected chi connectivity index (χ1v) is 6.23. The molecule has 6 heteroatoms. The fraction of sp³-hybridized carbons (Fsp3) is 0.308. The van der Waals surface area contributed by atoms with Crippen molar-refractivity contribution in [3.8, 4) is 0 Å². The normalized spacial score (nSPS) is 11.4. The van der Waals surface area contributed by atoms with Gasteiger partial charge in [0.15, 0.2) is 0 Å². The quantitative estimate of drug-likeness (QED) is 0.460. The van der Waals surface area contributed by atoms with Crippen molar-refractivity contribution in [1.82, 2.24) is 0 Å². The van der Waals surface area contributed by atoms with Crippen molar-refractivity contribution in [3.63, 3.8) is 0 Å². The van der Waals surface area contributed by atoms with Gasteiger partial charge in [-0.25, -0.2) is 9.18 Å². The molecule has 0 aliphatic carbocycles. The monoisotopic (exact) mass is 287 g/mol. The van der Waals surface area contributed by atoms with Crippen LogP contribution in [0.1, 0.15) is 5.56 Å². The minimum Gasteiger partial charge on any atom is -0.502 e. The number of aliphatic hydroxyl groups is 1. The van der Waals surface area contributed by atoms with Gasteiger partial charge in [-0.3, -0.25) is 0 Å². The first-order chi connectivity index (χ1) is 9.08. The van der Waals surface area contributed by atoms with Crippen LogP contribution in [0, 0.1) is 0 Å². The predicted octanol–water partition coefficient (Wildman–Crippen LogP) is 2.68. The molecule has 2 N–H and O–H groups in total. The highest BCUT2D eigenvalue weighted by Crippen LogP contribution is 2.16. The van der Waals surface area contributed by atoms with Crippen molar-refractivity contribution < 1.29 is 19.4 Å². The maximum Gasteiger partial charge on any atom is 0.370 e. The molecule has 19 heavy (non-hydrogen) atoms. The maximum absolute atomic E-state index is 12.4. The highest BCUT2D eigenvalue weighted by atomic mass is 35.5. The number of carbonyl (C=O) groups is 1. The number of anilines is 1. The Balaban J connectivity index is 2.85. The van der Waals surface area contributed by atoms with Crippen LogP contribution < -0.4 is 4.90 Å². The van der Waals surface area contributed by atoms with Crippen molar-refractivity contribution in [2.45, 2.75) is 0 Å². The van der Waals surface area contributed by atoms with Gasteiger partial charge in [-0.15, -0.1) is 11.6 Å². The number of halogens is 2. The molecule has 1 rings (SSSR count). The summed E-state index contributed by atoms with van der Waals surface area (Å²) in [4.78, 5) is 12.3. The molecule has 0 atom stereocenters. The van der Waals surface area contributed by atoms with E-state index in [1.54, 1.807) is 29.2 Å². The largest absolute Gasteiger partial charge is 0.502 e. The average Bonchev–Trinajstić information content (AvgIpc) is 2.39. The summed E-state index contributed by atoms with van der Waals surface area (Å²) in [5.41, 5.74) is 1.35. The summed E-state index contributed by atoms with van der Waals surface area (Å²) in [5, 5.41) is 17.7. The third-order valence-corrected chi connectivity index (χ3v) is 2.66. The van der Waals surface area contributed by atoms with Crippen LogP contribution in [-0.4, -0.2) is 41.8 Å². The molecule has 4 nitrogen and oxygen atoms in total. The Bertz CT molecular complexity index is 442. The summed E-state index contributed by atoms with van der Waals surface area (Å²) in [7, 11) is 0. The zero-order chi connectivity index (χ0) is 14.3. The average molecular weight is 288 g/mol. The third kappa shape index (κ3) is 4.79. The van der Waals surface area contributed by atoms with Crippen molar-refractivity contribution in [1.29, 1.82) is 0 Å². The highest BCUT2D eigenvalue weighted by Gasteiger charge is 2.06. The number of rotatable bonds is 7. The Morgan fingerprint density at radius 3 is 2.37 bits per heavy atom. The van der Waals surface area contributed by atoms with Crippen LogP contribution in [0.25, 0.3) is 6.08 Å². The van der Waals surface area contributed by atoms with Crippen LogP contribution in [0.2, 0.25) is 0 Å². The summed E-state index contributed by atoms with van der Waals surface area (Å²) < 4.78 is 12.4. The molecule has 0 spiro atoms. The highest BCUT2D eigenvalue weighted by molar-refractivity contribution is 6.18. The fourth-order valence-electron chi connectivity index (χ4n) is 1.58. The van der Waals surface area contributed by atoms with E-state index in [2.05, 4.69) is 0 Å². The van der Waals surface area contributed by atoms with Crippen molar-refractivity contribution in [2.75, 3.05) is 30.5 Å². The molecule has 0 saturated heterocycles. The minimum atomic E-state index is -1.38. The standard InChI is InChI=1S/C13H15ClFNO3/c14-5-7-16(8-6-15)11-3-1-10(2-4-11)9-12(17)13(18)19/h1-4,9,17H,5-8H2,(H,18,19)/b12-9-. The zero-order valence-corrected chi connectivity index (χ0v) is 11.0. The lowest BCUT2D eigenvalue weighted by molar-refractivity contribution is -0.135. The van der Waals surface area contributed by atoms with Crippen LogP contribution >= 0.6 is 11.6 Å². The number of benzene rings is 1. The molecule has 0 saturated carbocycles. The SMILES string of the molecule is O=C(O)/C(O)=C/c1ccc(N(CCF)CCCl)cc1. The van der Waals surface area contributed by atoms with Gasteiger partial charge in [-0.2, -0.15) is 0 Å². The smallest absolute Gasteiger partial charge is 0.370 e. The number of alkyl halides is 2. The molecular weight excluding hydrogens is 273 g/mol. The molecule has 0 aromatic heterocycles. The van der Waals surface area contributed by atoms with Crippen LogP contribution in [-0.2, 0) is 4.79 Å². The first-order valence-electron chi connectivity index (χ1n) is 5.69. The second kappa shape index (κ2) is 7.63. The molecule has 0 amide bonds. The lowest BCUT2D eigenvalue weighted by Crippen LogP contribution is -2.27. The Kier molecular flexibility index (Phi) is 6.15. The molecule has 1 aromatic rings. The van der Waals surface area contributed by atoms with E-state index in [4.69, 9.17) is 21.8 Å². The van der Waals surface area contributed by atoms with Crippen LogP contribution in [0.3, 0.4) is 0 Å². The fourth-order valence-corrected chi connectivity index (χ4v) is 1.78. The molecule has 0 aliphatic rings. The predicted molar refractivity (Wildman–Crippen MR) is 73.6 cm³/mol. The second-order valence-corrected chi connectivity index (χ2v) is 4.17. The number of carboxylic acid groups (broad SMARTS) is 1. The van der Waals surface area contributed by atoms with Gasteiger partial charge in [0.25, 0.3) is 0 Å². The molecule has 1 aromatic carbocycles. The minimum absolute atomic E-state index is 0.252. The molecule has 0 unspecified atom stereocenters. The topological polar surface area (TPSA) is 60.8 Å². The molecule has 0 heterocycles. The van der Waals surface area contributed by atoms with E-state index in [0.717, 1.165) is 11.8 Å². The van der Waals surface area contributed by atoms with Crippen LogP contribution in [0.15, 0.2) is 30.0 Å². The molecule has 0 fully saturated rings. The summed E-state index contributed by atoms with van der Waals surface area (Å²) >= 11 is 5.64. The lowest BCUT2D eigenvalue weighted by atomic mass is 10.1. The molecule has 104 valence electrons. The summed E-state index contributed by atoms with van der Waals surface area (Å²) in [6.45, 7) is 0.307.